The van der Waals surface area contributed by atoms with Gasteiger partial charge in [-0.2, -0.15) is 0 Å². The minimum absolute atomic E-state index is 0.131. The van der Waals surface area contributed by atoms with Gasteiger partial charge in [0.25, 0.3) is 5.91 Å². The first-order valence-corrected chi connectivity index (χ1v) is 14.9. The molecule has 0 unspecified atom stereocenters. The quantitative estimate of drug-likeness (QED) is 0.256. The largest absolute Gasteiger partial charge is 0.371 e. The van der Waals surface area contributed by atoms with Crippen molar-refractivity contribution in [2.45, 2.75) is 24.7 Å². The molecule has 7 rings (SSSR count). The van der Waals surface area contributed by atoms with Gasteiger partial charge in [0.1, 0.15) is 0 Å². The molecule has 3 aliphatic heterocycles. The van der Waals surface area contributed by atoms with E-state index in [1.165, 1.54) is 39.7 Å². The lowest BCUT2D eigenvalue weighted by Crippen LogP contribution is -2.37. The molecule has 4 nitrogen and oxygen atoms in total. The first-order valence-electron chi connectivity index (χ1n) is 13.7. The molecule has 6 heteroatoms. The minimum Gasteiger partial charge on any atom is -0.371 e. The van der Waals surface area contributed by atoms with E-state index in [-0.39, 0.29) is 5.91 Å². The Balaban J connectivity index is 1.31. The number of benzene rings is 4. The lowest BCUT2D eigenvalue weighted by molar-refractivity contribution is -0.115. The highest BCUT2D eigenvalue weighted by Crippen LogP contribution is 2.50. The average molecular weight is 562 g/mol. The van der Waals surface area contributed by atoms with E-state index in [1.807, 2.05) is 30.3 Å². The van der Waals surface area contributed by atoms with Crippen molar-refractivity contribution in [1.29, 1.82) is 0 Å². The zero-order valence-electron chi connectivity index (χ0n) is 21.9. The first-order chi connectivity index (χ1) is 19.6. The highest BCUT2D eigenvalue weighted by atomic mass is 35.5. The van der Waals surface area contributed by atoms with Crippen molar-refractivity contribution in [3.8, 4) is 0 Å². The molecule has 1 fully saturated rings. The van der Waals surface area contributed by atoms with Crippen LogP contribution in [0.25, 0.3) is 6.08 Å². The second-order valence-electron chi connectivity index (χ2n) is 10.5. The molecule has 3 heterocycles. The SMILES string of the molecule is O=C1NC(=Nc2cc3c4c(c2)[C@H](c2ccccc2)CCN4CC[C@@H]3c2ccccc2)S/C1=C\c1ccc(Cl)cc1. The van der Waals surface area contributed by atoms with Crippen molar-refractivity contribution >= 4 is 51.9 Å². The monoisotopic (exact) mass is 561 g/mol. The van der Waals surface area contributed by atoms with Crippen LogP contribution in [-0.2, 0) is 4.79 Å². The Morgan fingerprint density at radius 3 is 1.98 bits per heavy atom. The summed E-state index contributed by atoms with van der Waals surface area (Å²) in [5.41, 5.74) is 8.53. The Morgan fingerprint density at radius 2 is 1.40 bits per heavy atom. The van der Waals surface area contributed by atoms with Crippen molar-refractivity contribution in [3.05, 3.63) is 135 Å². The normalized spacial score (nSPS) is 21.9. The fourth-order valence-electron chi connectivity index (χ4n) is 6.21. The van der Waals surface area contributed by atoms with E-state index in [4.69, 9.17) is 16.6 Å². The van der Waals surface area contributed by atoms with E-state index < -0.39 is 0 Å². The van der Waals surface area contributed by atoms with Crippen LogP contribution in [0.1, 0.15) is 52.5 Å². The smallest absolute Gasteiger partial charge is 0.264 e. The summed E-state index contributed by atoms with van der Waals surface area (Å²) in [5, 5.41) is 4.26. The number of carbonyl (C=O) groups is 1. The van der Waals surface area contributed by atoms with Crippen LogP contribution in [0.2, 0.25) is 5.02 Å². The van der Waals surface area contributed by atoms with Crippen molar-refractivity contribution in [3.63, 3.8) is 0 Å². The molecule has 1 saturated heterocycles. The summed E-state index contributed by atoms with van der Waals surface area (Å²) in [5.74, 6) is 0.493. The number of halogens is 1. The van der Waals surface area contributed by atoms with Crippen molar-refractivity contribution in [2.75, 3.05) is 18.0 Å². The number of nitrogens with one attached hydrogen (secondary N) is 1. The predicted octanol–water partition coefficient (Wildman–Crippen LogP) is 8.11. The molecule has 3 aliphatic rings. The topological polar surface area (TPSA) is 44.7 Å². The van der Waals surface area contributed by atoms with E-state index in [0.717, 1.165) is 37.2 Å². The molecule has 2 atom stereocenters. The van der Waals surface area contributed by atoms with Gasteiger partial charge in [0, 0.05) is 35.6 Å². The number of carbonyl (C=O) groups excluding carboxylic acids is 1. The van der Waals surface area contributed by atoms with Gasteiger partial charge in [0.2, 0.25) is 0 Å². The van der Waals surface area contributed by atoms with Crippen molar-refractivity contribution in [2.24, 2.45) is 4.99 Å². The summed E-state index contributed by atoms with van der Waals surface area (Å²) in [6.45, 7) is 2.11. The third-order valence-corrected chi connectivity index (χ3v) is 9.21. The van der Waals surface area contributed by atoms with Gasteiger partial charge < -0.3 is 10.2 Å². The minimum atomic E-state index is -0.131. The third kappa shape index (κ3) is 4.85. The van der Waals surface area contributed by atoms with Crippen LogP contribution in [0.3, 0.4) is 0 Å². The number of amides is 1. The van der Waals surface area contributed by atoms with Gasteiger partial charge in [0.15, 0.2) is 5.17 Å². The number of amidine groups is 1. The number of aliphatic imine (C=N–C) groups is 1. The van der Waals surface area contributed by atoms with Crippen LogP contribution in [0.5, 0.6) is 0 Å². The number of hydrogen-bond donors (Lipinski definition) is 1. The van der Waals surface area contributed by atoms with Crippen LogP contribution in [0, 0.1) is 0 Å². The molecule has 4 aromatic rings. The Bertz CT molecular complexity index is 1560. The van der Waals surface area contributed by atoms with Crippen molar-refractivity contribution < 1.29 is 4.79 Å². The molecule has 0 saturated carbocycles. The lowest BCUT2D eigenvalue weighted by Gasteiger charge is -2.43. The average Bonchev–Trinajstić information content (AvgIpc) is 3.33. The number of nitrogens with zero attached hydrogens (tertiary/aromatic N) is 2. The second kappa shape index (κ2) is 10.6. The number of rotatable bonds is 4. The maximum atomic E-state index is 12.8. The Labute approximate surface area is 243 Å². The second-order valence-corrected chi connectivity index (χ2v) is 12.0. The summed E-state index contributed by atoms with van der Waals surface area (Å²) in [7, 11) is 0. The Hall–Kier alpha value is -3.80. The van der Waals surface area contributed by atoms with E-state index in [1.54, 1.807) is 0 Å². The van der Waals surface area contributed by atoms with E-state index in [9.17, 15) is 4.79 Å². The number of anilines is 1. The summed E-state index contributed by atoms with van der Waals surface area (Å²) in [4.78, 5) is 21.0. The molecule has 4 aromatic carbocycles. The summed E-state index contributed by atoms with van der Waals surface area (Å²) < 4.78 is 0. The van der Waals surface area contributed by atoms with Crippen LogP contribution >= 0.6 is 23.4 Å². The molecule has 0 spiro atoms. The Morgan fingerprint density at radius 1 is 0.825 bits per heavy atom. The van der Waals surface area contributed by atoms with Crippen LogP contribution in [-0.4, -0.2) is 24.2 Å². The fourth-order valence-corrected chi connectivity index (χ4v) is 7.18. The molecule has 0 radical (unpaired) electrons. The van der Waals surface area contributed by atoms with Gasteiger partial charge >= 0.3 is 0 Å². The van der Waals surface area contributed by atoms with Crippen LogP contribution in [0.4, 0.5) is 11.4 Å². The molecule has 0 bridgehead atoms. The van der Waals surface area contributed by atoms with Crippen LogP contribution < -0.4 is 10.2 Å². The number of thioether (sulfide) groups is 1. The van der Waals surface area contributed by atoms with Gasteiger partial charge in [-0.25, -0.2) is 4.99 Å². The van der Waals surface area contributed by atoms with E-state index in [0.29, 0.717) is 26.9 Å². The Kier molecular flexibility index (Phi) is 6.70. The summed E-state index contributed by atoms with van der Waals surface area (Å²) in [6, 6.07) is 33.6. The molecule has 1 amide bonds. The molecule has 0 aliphatic carbocycles. The summed E-state index contributed by atoms with van der Waals surface area (Å²) >= 11 is 7.41. The third-order valence-electron chi connectivity index (χ3n) is 8.05. The zero-order valence-corrected chi connectivity index (χ0v) is 23.5. The fraction of sp³-hybridized carbons (Fsp3) is 0.176. The zero-order chi connectivity index (χ0) is 27.1. The molecule has 1 N–H and O–H groups in total. The van der Waals surface area contributed by atoms with Gasteiger partial charge in [-0.1, -0.05) is 84.4 Å². The van der Waals surface area contributed by atoms with Gasteiger partial charge in [-0.05, 0) is 82.8 Å². The van der Waals surface area contributed by atoms with E-state index in [2.05, 4.69) is 83.0 Å². The molecular formula is C34H28ClN3OS. The summed E-state index contributed by atoms with van der Waals surface area (Å²) in [6.07, 6.45) is 4.03. The molecular weight excluding hydrogens is 534 g/mol. The maximum absolute atomic E-state index is 12.8. The highest BCUT2D eigenvalue weighted by molar-refractivity contribution is 8.18. The first kappa shape index (κ1) is 25.2. The standard InChI is InChI=1S/C34H28ClN3OS/c35-25-13-11-22(12-14-25)19-31-33(39)37-34(40-31)36-26-20-29-27(23-7-3-1-4-8-23)15-17-38-18-16-28(30(21-26)32(29)38)24-9-5-2-6-10-24/h1-14,19-21,27-28H,15-18H2,(H,36,37,39)/b31-19-/t27-,28+. The van der Waals surface area contributed by atoms with Gasteiger partial charge in [0.05, 0.1) is 10.6 Å². The predicted molar refractivity (Wildman–Crippen MR) is 167 cm³/mol. The lowest BCUT2D eigenvalue weighted by atomic mass is 9.76. The van der Waals surface area contributed by atoms with Crippen LogP contribution in [0.15, 0.2) is 107 Å². The molecule has 0 aromatic heterocycles. The van der Waals surface area contributed by atoms with Gasteiger partial charge in [-0.3, -0.25) is 4.79 Å². The van der Waals surface area contributed by atoms with E-state index >= 15 is 0 Å². The maximum Gasteiger partial charge on any atom is 0.264 e. The van der Waals surface area contributed by atoms with Crippen molar-refractivity contribution in [1.82, 2.24) is 5.32 Å². The molecule has 40 heavy (non-hydrogen) atoms. The highest BCUT2D eigenvalue weighted by Gasteiger charge is 2.35. The molecule has 198 valence electrons. The van der Waals surface area contributed by atoms with Gasteiger partial charge in [-0.15, -0.1) is 0 Å². The number of hydrogen-bond acceptors (Lipinski definition) is 4.